The molecule has 0 bridgehead atoms. The van der Waals surface area contributed by atoms with E-state index in [0.29, 0.717) is 27.6 Å². The van der Waals surface area contributed by atoms with E-state index in [1.807, 2.05) is 0 Å². The van der Waals surface area contributed by atoms with Gasteiger partial charge in [-0.2, -0.15) is 5.10 Å². The number of benzene rings is 1. The predicted octanol–water partition coefficient (Wildman–Crippen LogP) is 3.14. The van der Waals surface area contributed by atoms with Crippen molar-refractivity contribution in [3.8, 4) is 11.5 Å². The number of methoxy groups -OCH3 is 2. The number of carbonyl (C=O) groups excluding carboxylic acids is 2. The summed E-state index contributed by atoms with van der Waals surface area (Å²) in [5.41, 5.74) is 3.90. The maximum Gasteiger partial charge on any atom is 0.274 e. The molecule has 2 rings (SSSR count). The third-order valence-corrected chi connectivity index (χ3v) is 3.99. The summed E-state index contributed by atoms with van der Waals surface area (Å²) in [5.74, 6) is 0.243. The van der Waals surface area contributed by atoms with Crippen molar-refractivity contribution in [2.75, 3.05) is 19.5 Å². The van der Waals surface area contributed by atoms with Gasteiger partial charge in [0, 0.05) is 11.3 Å². The SMILES string of the molecule is COc1ccc(C(=O)Nc2sccc2C(=O)NN=C(C)C)cc1OC. The Balaban J connectivity index is 2.18. The highest BCUT2D eigenvalue weighted by Gasteiger charge is 2.17. The third-order valence-electron chi connectivity index (χ3n) is 3.16. The van der Waals surface area contributed by atoms with Gasteiger partial charge in [0.25, 0.3) is 11.8 Å². The highest BCUT2D eigenvalue weighted by atomic mass is 32.1. The lowest BCUT2D eigenvalue weighted by Gasteiger charge is -2.10. The monoisotopic (exact) mass is 361 g/mol. The van der Waals surface area contributed by atoms with Crippen molar-refractivity contribution in [3.05, 3.63) is 40.8 Å². The number of hydrogen-bond acceptors (Lipinski definition) is 6. The standard InChI is InChI=1S/C17H19N3O4S/c1-10(2)19-20-16(22)12-7-8-25-17(12)18-15(21)11-5-6-13(23-3)14(9-11)24-4/h5-9H,1-4H3,(H,18,21)(H,20,22). The molecule has 0 fully saturated rings. The number of rotatable bonds is 6. The Labute approximate surface area is 149 Å². The Bertz CT molecular complexity index is 810. The number of thiophene rings is 1. The molecule has 0 unspecified atom stereocenters. The zero-order valence-electron chi connectivity index (χ0n) is 14.4. The van der Waals surface area contributed by atoms with E-state index in [1.165, 1.54) is 25.6 Å². The first kappa shape index (κ1) is 18.5. The van der Waals surface area contributed by atoms with Crippen LogP contribution in [0.25, 0.3) is 0 Å². The summed E-state index contributed by atoms with van der Waals surface area (Å²) in [5, 5.41) is 8.79. The zero-order valence-corrected chi connectivity index (χ0v) is 15.2. The molecule has 0 spiro atoms. The highest BCUT2D eigenvalue weighted by molar-refractivity contribution is 7.14. The predicted molar refractivity (Wildman–Crippen MR) is 98.1 cm³/mol. The summed E-state index contributed by atoms with van der Waals surface area (Å²) in [6.45, 7) is 3.54. The summed E-state index contributed by atoms with van der Waals surface area (Å²) < 4.78 is 10.4. The van der Waals surface area contributed by atoms with Crippen LogP contribution in [0.4, 0.5) is 5.00 Å². The summed E-state index contributed by atoms with van der Waals surface area (Å²) >= 11 is 1.26. The Morgan fingerprint density at radius 2 is 1.76 bits per heavy atom. The first-order chi connectivity index (χ1) is 12.0. The second-order valence-corrected chi connectivity index (χ2v) is 6.10. The van der Waals surface area contributed by atoms with Gasteiger partial charge in [-0.05, 0) is 43.5 Å². The summed E-state index contributed by atoms with van der Waals surface area (Å²) in [4.78, 5) is 24.6. The van der Waals surface area contributed by atoms with E-state index in [1.54, 1.807) is 43.5 Å². The number of anilines is 1. The number of hydrogen-bond donors (Lipinski definition) is 2. The van der Waals surface area contributed by atoms with Gasteiger partial charge in [-0.25, -0.2) is 5.43 Å². The van der Waals surface area contributed by atoms with Crippen LogP contribution in [0.5, 0.6) is 11.5 Å². The zero-order chi connectivity index (χ0) is 18.4. The van der Waals surface area contributed by atoms with Gasteiger partial charge in [-0.15, -0.1) is 11.3 Å². The van der Waals surface area contributed by atoms with Gasteiger partial charge in [-0.3, -0.25) is 9.59 Å². The van der Waals surface area contributed by atoms with Crippen LogP contribution in [0.3, 0.4) is 0 Å². The lowest BCUT2D eigenvalue weighted by Crippen LogP contribution is -2.20. The van der Waals surface area contributed by atoms with Crippen LogP contribution in [0.2, 0.25) is 0 Å². The molecule has 1 aromatic heterocycles. The van der Waals surface area contributed by atoms with E-state index < -0.39 is 0 Å². The van der Waals surface area contributed by atoms with Crippen LogP contribution in [-0.4, -0.2) is 31.7 Å². The summed E-state index contributed by atoms with van der Waals surface area (Å²) in [6, 6.07) is 6.47. The number of nitrogens with one attached hydrogen (secondary N) is 2. The quantitative estimate of drug-likeness (QED) is 0.611. The number of carbonyl (C=O) groups is 2. The average molecular weight is 361 g/mol. The molecule has 0 saturated heterocycles. The van der Waals surface area contributed by atoms with Crippen LogP contribution in [0.15, 0.2) is 34.7 Å². The lowest BCUT2D eigenvalue weighted by atomic mass is 10.2. The minimum atomic E-state index is -0.384. The van der Waals surface area contributed by atoms with E-state index in [0.717, 1.165) is 5.71 Å². The molecule has 1 aromatic carbocycles. The highest BCUT2D eigenvalue weighted by Crippen LogP contribution is 2.29. The van der Waals surface area contributed by atoms with Gasteiger partial charge < -0.3 is 14.8 Å². The van der Waals surface area contributed by atoms with Crippen molar-refractivity contribution >= 4 is 33.9 Å². The van der Waals surface area contributed by atoms with Crippen molar-refractivity contribution in [2.45, 2.75) is 13.8 Å². The Kier molecular flexibility index (Phi) is 6.13. The number of amides is 2. The molecule has 8 heteroatoms. The molecule has 0 aliphatic rings. The molecule has 0 atom stereocenters. The Morgan fingerprint density at radius 3 is 2.40 bits per heavy atom. The van der Waals surface area contributed by atoms with Crippen LogP contribution in [0.1, 0.15) is 34.6 Å². The summed E-state index contributed by atoms with van der Waals surface area (Å²) in [6.07, 6.45) is 0. The van der Waals surface area contributed by atoms with Gasteiger partial charge in [0.1, 0.15) is 5.00 Å². The van der Waals surface area contributed by atoms with Gasteiger partial charge in [0.2, 0.25) is 0 Å². The van der Waals surface area contributed by atoms with Crippen LogP contribution < -0.4 is 20.2 Å². The molecular weight excluding hydrogens is 342 g/mol. The molecular formula is C17H19N3O4S. The van der Waals surface area contributed by atoms with E-state index in [2.05, 4.69) is 15.8 Å². The molecule has 2 aromatic rings. The molecule has 0 radical (unpaired) electrons. The van der Waals surface area contributed by atoms with E-state index in [-0.39, 0.29) is 11.8 Å². The van der Waals surface area contributed by atoms with Crippen molar-refractivity contribution in [3.63, 3.8) is 0 Å². The van der Waals surface area contributed by atoms with Crippen molar-refractivity contribution < 1.29 is 19.1 Å². The van der Waals surface area contributed by atoms with Gasteiger partial charge >= 0.3 is 0 Å². The van der Waals surface area contributed by atoms with E-state index >= 15 is 0 Å². The molecule has 1 heterocycles. The fraction of sp³-hybridized carbons (Fsp3) is 0.235. The molecule has 132 valence electrons. The smallest absolute Gasteiger partial charge is 0.274 e. The minimum Gasteiger partial charge on any atom is -0.493 e. The molecule has 0 saturated carbocycles. The lowest BCUT2D eigenvalue weighted by molar-refractivity contribution is 0.0956. The first-order valence-corrected chi connectivity index (χ1v) is 8.26. The van der Waals surface area contributed by atoms with Crippen molar-refractivity contribution in [2.24, 2.45) is 5.10 Å². The normalized spacial score (nSPS) is 9.92. The molecule has 7 nitrogen and oxygen atoms in total. The van der Waals surface area contributed by atoms with Crippen molar-refractivity contribution in [1.82, 2.24) is 5.43 Å². The Morgan fingerprint density at radius 1 is 1.04 bits per heavy atom. The van der Waals surface area contributed by atoms with Gasteiger partial charge in [0.15, 0.2) is 11.5 Å². The maximum absolute atomic E-state index is 12.5. The molecule has 0 aliphatic carbocycles. The maximum atomic E-state index is 12.5. The van der Waals surface area contributed by atoms with E-state index in [4.69, 9.17) is 9.47 Å². The molecule has 2 N–H and O–H groups in total. The van der Waals surface area contributed by atoms with Crippen LogP contribution in [0, 0.1) is 0 Å². The fourth-order valence-corrected chi connectivity index (χ4v) is 2.74. The average Bonchev–Trinajstić information content (AvgIpc) is 3.07. The Hall–Kier alpha value is -2.87. The number of nitrogens with zero attached hydrogens (tertiary/aromatic N) is 1. The van der Waals surface area contributed by atoms with Crippen molar-refractivity contribution in [1.29, 1.82) is 0 Å². The fourth-order valence-electron chi connectivity index (χ4n) is 1.96. The summed E-state index contributed by atoms with van der Waals surface area (Å²) in [7, 11) is 3.02. The third kappa shape index (κ3) is 4.57. The van der Waals surface area contributed by atoms with Crippen LogP contribution >= 0.6 is 11.3 Å². The van der Waals surface area contributed by atoms with E-state index in [9.17, 15) is 9.59 Å². The molecule has 25 heavy (non-hydrogen) atoms. The molecule has 2 amide bonds. The number of ether oxygens (including phenoxy) is 2. The first-order valence-electron chi connectivity index (χ1n) is 7.38. The topological polar surface area (TPSA) is 89.0 Å². The second-order valence-electron chi connectivity index (χ2n) is 5.19. The van der Waals surface area contributed by atoms with Crippen LogP contribution in [-0.2, 0) is 0 Å². The molecule has 0 aliphatic heterocycles. The van der Waals surface area contributed by atoms with Gasteiger partial charge in [-0.1, -0.05) is 0 Å². The number of hydrazone groups is 1. The second kappa shape index (κ2) is 8.29. The van der Waals surface area contributed by atoms with Gasteiger partial charge in [0.05, 0.1) is 19.8 Å². The minimum absolute atomic E-state index is 0.351. The largest absolute Gasteiger partial charge is 0.493 e.